The Labute approximate surface area is 163 Å². The number of aromatic nitrogens is 4. The van der Waals surface area contributed by atoms with E-state index in [4.69, 9.17) is 16.6 Å². The number of hydrogen-bond donors (Lipinski definition) is 1. The predicted octanol–water partition coefficient (Wildman–Crippen LogP) is 3.30. The van der Waals surface area contributed by atoms with Crippen LogP contribution in [0.4, 0.5) is 23.4 Å². The zero-order valence-electron chi connectivity index (χ0n) is 15.0. The predicted molar refractivity (Wildman–Crippen MR) is 108 cm³/mol. The maximum absolute atomic E-state index is 5.94. The van der Waals surface area contributed by atoms with Gasteiger partial charge in [-0.25, -0.2) is 15.0 Å². The molecule has 0 saturated carbocycles. The highest BCUT2D eigenvalue weighted by Gasteiger charge is 2.20. The molecule has 1 N–H and O–H groups in total. The lowest BCUT2D eigenvalue weighted by Crippen LogP contribution is -2.47. The molecule has 1 aliphatic rings. The molecule has 27 heavy (non-hydrogen) atoms. The number of rotatable bonds is 4. The van der Waals surface area contributed by atoms with Crippen molar-refractivity contribution in [2.24, 2.45) is 0 Å². The third kappa shape index (κ3) is 4.25. The fourth-order valence-corrected chi connectivity index (χ4v) is 3.15. The Balaban J connectivity index is 1.46. The van der Waals surface area contributed by atoms with E-state index in [9.17, 15) is 0 Å². The largest absolute Gasteiger partial charge is 0.353 e. The molecule has 1 fully saturated rings. The smallest absolute Gasteiger partial charge is 0.229 e. The zero-order chi connectivity index (χ0) is 18.6. The van der Waals surface area contributed by atoms with Gasteiger partial charge in [0.1, 0.15) is 5.82 Å². The van der Waals surface area contributed by atoms with E-state index in [1.54, 1.807) is 12.4 Å². The maximum Gasteiger partial charge on any atom is 0.229 e. The van der Waals surface area contributed by atoms with E-state index in [1.807, 2.05) is 43.3 Å². The summed E-state index contributed by atoms with van der Waals surface area (Å²) in [6, 6.07) is 11.3. The summed E-state index contributed by atoms with van der Waals surface area (Å²) in [6.45, 7) is 5.40. The summed E-state index contributed by atoms with van der Waals surface area (Å²) >= 11 is 5.94. The van der Waals surface area contributed by atoms with Gasteiger partial charge in [0.25, 0.3) is 0 Å². The van der Waals surface area contributed by atoms with Gasteiger partial charge in [-0.1, -0.05) is 11.6 Å². The highest BCUT2D eigenvalue weighted by molar-refractivity contribution is 6.30. The minimum absolute atomic E-state index is 0.584. The Morgan fingerprint density at radius 3 is 2.30 bits per heavy atom. The molecule has 0 amide bonds. The second kappa shape index (κ2) is 7.75. The van der Waals surface area contributed by atoms with Gasteiger partial charge >= 0.3 is 0 Å². The van der Waals surface area contributed by atoms with Gasteiger partial charge in [0.2, 0.25) is 11.9 Å². The monoisotopic (exact) mass is 381 g/mol. The summed E-state index contributed by atoms with van der Waals surface area (Å²) in [5, 5.41) is 3.95. The summed E-state index contributed by atoms with van der Waals surface area (Å²) in [6.07, 6.45) is 3.55. The first-order valence-electron chi connectivity index (χ1n) is 8.82. The molecule has 1 aliphatic heterocycles. The average molecular weight is 382 g/mol. The molecule has 0 spiro atoms. The molecule has 3 aromatic rings. The molecule has 138 valence electrons. The van der Waals surface area contributed by atoms with Crippen LogP contribution in [0.3, 0.4) is 0 Å². The molecule has 1 aromatic carbocycles. The van der Waals surface area contributed by atoms with Crippen molar-refractivity contribution in [3.63, 3.8) is 0 Å². The van der Waals surface area contributed by atoms with Crippen LogP contribution in [-0.4, -0.2) is 46.1 Å². The number of piperazine rings is 1. The first kappa shape index (κ1) is 17.5. The van der Waals surface area contributed by atoms with E-state index >= 15 is 0 Å². The molecule has 7 nitrogen and oxygen atoms in total. The van der Waals surface area contributed by atoms with Crippen LogP contribution in [0, 0.1) is 6.92 Å². The van der Waals surface area contributed by atoms with Gasteiger partial charge in [-0.15, -0.1) is 0 Å². The van der Waals surface area contributed by atoms with E-state index in [1.165, 1.54) is 0 Å². The molecule has 1 saturated heterocycles. The molecule has 3 heterocycles. The van der Waals surface area contributed by atoms with Crippen molar-refractivity contribution in [2.45, 2.75) is 6.92 Å². The van der Waals surface area contributed by atoms with E-state index in [0.717, 1.165) is 49.3 Å². The third-order valence-electron chi connectivity index (χ3n) is 4.38. The van der Waals surface area contributed by atoms with E-state index < -0.39 is 0 Å². The van der Waals surface area contributed by atoms with Gasteiger partial charge < -0.3 is 15.1 Å². The van der Waals surface area contributed by atoms with Crippen LogP contribution in [0.2, 0.25) is 5.02 Å². The molecule has 2 aromatic heterocycles. The average Bonchev–Trinajstić information content (AvgIpc) is 2.70. The van der Waals surface area contributed by atoms with Crippen molar-refractivity contribution in [1.29, 1.82) is 0 Å². The third-order valence-corrected chi connectivity index (χ3v) is 4.63. The summed E-state index contributed by atoms with van der Waals surface area (Å²) in [7, 11) is 0. The summed E-state index contributed by atoms with van der Waals surface area (Å²) in [5.41, 5.74) is 1.83. The van der Waals surface area contributed by atoms with Crippen molar-refractivity contribution >= 4 is 35.0 Å². The molecule has 8 heteroatoms. The van der Waals surface area contributed by atoms with Gasteiger partial charge in [0.05, 0.1) is 0 Å². The Morgan fingerprint density at radius 1 is 0.926 bits per heavy atom. The fourth-order valence-electron chi connectivity index (χ4n) is 3.02. The molecule has 0 unspecified atom stereocenters. The Hall–Kier alpha value is -2.93. The number of nitrogens with zero attached hydrogens (tertiary/aromatic N) is 6. The lowest BCUT2D eigenvalue weighted by atomic mass is 10.3. The van der Waals surface area contributed by atoms with E-state index in [2.05, 4.69) is 30.1 Å². The van der Waals surface area contributed by atoms with Crippen molar-refractivity contribution in [3.05, 3.63) is 59.5 Å². The molecule has 0 atom stereocenters. The van der Waals surface area contributed by atoms with Crippen LogP contribution >= 0.6 is 11.6 Å². The minimum Gasteiger partial charge on any atom is -0.353 e. The van der Waals surface area contributed by atoms with Crippen molar-refractivity contribution in [1.82, 2.24) is 19.9 Å². The highest BCUT2D eigenvalue weighted by atomic mass is 35.5. The summed E-state index contributed by atoms with van der Waals surface area (Å²) in [5.74, 6) is 2.29. The molecule has 0 aliphatic carbocycles. The lowest BCUT2D eigenvalue weighted by Gasteiger charge is -2.35. The second-order valence-electron chi connectivity index (χ2n) is 6.35. The number of halogens is 1. The van der Waals surface area contributed by atoms with E-state index in [-0.39, 0.29) is 0 Å². The Morgan fingerprint density at radius 2 is 1.59 bits per heavy atom. The van der Waals surface area contributed by atoms with Crippen LogP contribution < -0.4 is 15.1 Å². The lowest BCUT2D eigenvalue weighted by molar-refractivity contribution is 0.634. The van der Waals surface area contributed by atoms with Crippen LogP contribution in [0.5, 0.6) is 0 Å². The summed E-state index contributed by atoms with van der Waals surface area (Å²) in [4.78, 5) is 22.3. The molecular formula is C19H20ClN7. The molecule has 0 radical (unpaired) electrons. The highest BCUT2D eigenvalue weighted by Crippen LogP contribution is 2.21. The van der Waals surface area contributed by atoms with E-state index in [0.29, 0.717) is 11.0 Å². The van der Waals surface area contributed by atoms with Gasteiger partial charge in [0, 0.05) is 61.0 Å². The van der Waals surface area contributed by atoms with Crippen LogP contribution in [-0.2, 0) is 0 Å². The summed E-state index contributed by atoms with van der Waals surface area (Å²) < 4.78 is 0. The quantitative estimate of drug-likeness (QED) is 0.743. The van der Waals surface area contributed by atoms with Crippen LogP contribution in [0.15, 0.2) is 48.8 Å². The van der Waals surface area contributed by atoms with Gasteiger partial charge in [0.15, 0.2) is 0 Å². The second-order valence-corrected chi connectivity index (χ2v) is 6.78. The first-order chi connectivity index (χ1) is 13.2. The Kier molecular flexibility index (Phi) is 5.02. The topological polar surface area (TPSA) is 70.1 Å². The minimum atomic E-state index is 0.584. The SMILES string of the molecule is Cc1cc(N2CCN(c3ncccn3)CC2)nc(Nc2ccc(Cl)cc2)n1. The van der Waals surface area contributed by atoms with Crippen LogP contribution in [0.25, 0.3) is 0 Å². The maximum atomic E-state index is 5.94. The normalized spacial score (nSPS) is 14.3. The number of aryl methyl sites for hydroxylation is 1. The van der Waals surface area contributed by atoms with Crippen molar-refractivity contribution < 1.29 is 0 Å². The zero-order valence-corrected chi connectivity index (χ0v) is 15.8. The van der Waals surface area contributed by atoms with Crippen molar-refractivity contribution in [2.75, 3.05) is 41.3 Å². The standard InChI is InChI=1S/C19H20ClN7/c1-14-13-17(25-18(23-14)24-16-5-3-15(20)4-6-16)26-9-11-27(12-10-26)19-21-7-2-8-22-19/h2-8,13H,9-12H2,1H3,(H,23,24,25). The van der Waals surface area contributed by atoms with Crippen molar-refractivity contribution in [3.8, 4) is 0 Å². The van der Waals surface area contributed by atoms with Gasteiger partial charge in [-0.05, 0) is 37.3 Å². The van der Waals surface area contributed by atoms with Gasteiger partial charge in [-0.3, -0.25) is 0 Å². The number of nitrogens with one attached hydrogen (secondary N) is 1. The number of anilines is 4. The molecule has 4 rings (SSSR count). The molecule has 0 bridgehead atoms. The fraction of sp³-hybridized carbons (Fsp3) is 0.263. The van der Waals surface area contributed by atoms with Crippen LogP contribution in [0.1, 0.15) is 5.69 Å². The molecular weight excluding hydrogens is 362 g/mol. The van der Waals surface area contributed by atoms with Gasteiger partial charge in [-0.2, -0.15) is 4.98 Å². The number of hydrogen-bond acceptors (Lipinski definition) is 7. The first-order valence-corrected chi connectivity index (χ1v) is 9.20. The number of benzene rings is 1. The Bertz CT molecular complexity index is 894.